The van der Waals surface area contributed by atoms with Crippen LogP contribution in [0.1, 0.15) is 0 Å². The van der Waals surface area contributed by atoms with Gasteiger partial charge in [-0.15, -0.1) is 0 Å². The average Bonchev–Trinajstić information content (AvgIpc) is 2.75. The molecule has 0 amide bonds. The Morgan fingerprint density at radius 2 is 1.78 bits per heavy atom. The number of sulfonamides is 1. The molecule has 1 aliphatic heterocycles. The van der Waals surface area contributed by atoms with Gasteiger partial charge in [-0.2, -0.15) is 4.98 Å². The number of fused-ring (bicyclic) bond motifs is 1. The number of hydrogen-bond donors (Lipinski definition) is 2. The third-order valence-corrected chi connectivity index (χ3v) is 6.85. The lowest BCUT2D eigenvalue weighted by Gasteiger charge is -2.32. The first-order valence-corrected chi connectivity index (χ1v) is 12.5. The fourth-order valence-electron chi connectivity index (χ4n) is 3.33. The number of pyridine rings is 1. The highest BCUT2D eigenvalue weighted by Crippen LogP contribution is 2.25. The predicted molar refractivity (Wildman–Crippen MR) is 129 cm³/mol. The topological polar surface area (TPSA) is 103 Å². The smallest absolute Gasteiger partial charge is 0.234 e. The van der Waals surface area contributed by atoms with Gasteiger partial charge < -0.3 is 15.1 Å². The van der Waals surface area contributed by atoms with Crippen molar-refractivity contribution >= 4 is 61.6 Å². The molecule has 3 aromatic rings. The van der Waals surface area contributed by atoms with Gasteiger partial charge in [-0.25, -0.2) is 18.4 Å². The van der Waals surface area contributed by atoms with Gasteiger partial charge in [0.05, 0.1) is 17.5 Å². The fourth-order valence-corrected chi connectivity index (χ4v) is 4.58. The van der Waals surface area contributed by atoms with Crippen LogP contribution in [0.3, 0.4) is 0 Å². The van der Waals surface area contributed by atoms with Gasteiger partial charge in [0.15, 0.2) is 0 Å². The lowest BCUT2D eigenvalue weighted by Crippen LogP contribution is -2.45. The molecule has 1 aromatic carbocycles. The van der Waals surface area contributed by atoms with E-state index in [-0.39, 0.29) is 12.3 Å². The van der Waals surface area contributed by atoms with Crippen LogP contribution in [0, 0.1) is 0 Å². The van der Waals surface area contributed by atoms with Gasteiger partial charge in [-0.1, -0.05) is 23.2 Å². The summed E-state index contributed by atoms with van der Waals surface area (Å²) in [6, 6.07) is 8.16. The van der Waals surface area contributed by atoms with Crippen molar-refractivity contribution in [2.24, 2.45) is 0 Å². The molecule has 0 aliphatic carbocycles. The Kier molecular flexibility index (Phi) is 6.85. The third kappa shape index (κ3) is 5.69. The summed E-state index contributed by atoms with van der Waals surface area (Å²) in [5.41, 5.74) is 1.10. The van der Waals surface area contributed by atoms with Crippen LogP contribution in [-0.4, -0.2) is 73.8 Å². The van der Waals surface area contributed by atoms with Crippen LogP contribution in [0.25, 0.3) is 10.9 Å². The second kappa shape index (κ2) is 9.62. The quantitative estimate of drug-likeness (QED) is 0.482. The van der Waals surface area contributed by atoms with E-state index in [1.165, 1.54) is 0 Å². The second-order valence-electron chi connectivity index (χ2n) is 7.54. The Morgan fingerprint density at radius 3 is 2.50 bits per heavy atom. The molecule has 12 heteroatoms. The number of nitrogens with one attached hydrogen (secondary N) is 2. The Bertz CT molecular complexity index is 1200. The van der Waals surface area contributed by atoms with Gasteiger partial charge in [0.25, 0.3) is 0 Å². The number of hydrogen-bond acceptors (Lipinski definition) is 8. The number of halogens is 2. The van der Waals surface area contributed by atoms with E-state index in [4.69, 9.17) is 23.2 Å². The maximum absolute atomic E-state index is 12.5. The lowest BCUT2D eigenvalue weighted by atomic mass is 10.3. The molecule has 32 heavy (non-hydrogen) atoms. The predicted octanol–water partition coefficient (Wildman–Crippen LogP) is 2.94. The summed E-state index contributed by atoms with van der Waals surface area (Å²) >= 11 is 11.9. The molecule has 1 aliphatic rings. The van der Waals surface area contributed by atoms with E-state index in [9.17, 15) is 8.42 Å². The molecule has 3 heterocycles. The van der Waals surface area contributed by atoms with Crippen molar-refractivity contribution < 1.29 is 8.42 Å². The zero-order chi connectivity index (χ0) is 22.7. The van der Waals surface area contributed by atoms with Gasteiger partial charge in [0, 0.05) is 48.8 Å². The van der Waals surface area contributed by atoms with Gasteiger partial charge in [-0.05, 0) is 37.4 Å². The van der Waals surface area contributed by atoms with Crippen LogP contribution < -0.4 is 14.9 Å². The van der Waals surface area contributed by atoms with E-state index in [0.29, 0.717) is 38.5 Å². The van der Waals surface area contributed by atoms with Crippen LogP contribution in [0.15, 0.2) is 36.5 Å². The summed E-state index contributed by atoms with van der Waals surface area (Å²) in [6.45, 7) is 3.59. The zero-order valence-electron chi connectivity index (χ0n) is 17.4. The lowest BCUT2D eigenvalue weighted by molar-refractivity contribution is 0.311. The molecule has 170 valence electrons. The number of rotatable bonds is 7. The molecule has 0 atom stereocenters. The number of aromatic nitrogens is 3. The first-order chi connectivity index (χ1) is 15.3. The number of piperazine rings is 1. The Hall–Kier alpha value is -2.40. The highest BCUT2D eigenvalue weighted by molar-refractivity contribution is 7.92. The minimum atomic E-state index is -3.57. The highest BCUT2D eigenvalue weighted by Gasteiger charge is 2.19. The van der Waals surface area contributed by atoms with Gasteiger partial charge in [0.1, 0.15) is 11.0 Å². The summed E-state index contributed by atoms with van der Waals surface area (Å²) < 4.78 is 27.5. The standard InChI is InChI=1S/C20H23Cl2N7O2S/c1-28-7-9-29(10-8-28)20-25-17-13-24-18(22)12-16(17)19(26-20)23-6-11-32(30,31)27-15-4-2-14(21)3-5-15/h2-5,12-13,27H,6-11H2,1H3,(H,23,25,26). The van der Waals surface area contributed by atoms with Crippen molar-refractivity contribution in [2.45, 2.75) is 0 Å². The maximum atomic E-state index is 12.5. The number of likely N-dealkylation sites (N-methyl/N-ethyl adjacent to an activating group) is 1. The van der Waals surface area contributed by atoms with Crippen molar-refractivity contribution in [2.75, 3.05) is 60.5 Å². The van der Waals surface area contributed by atoms with Crippen LogP contribution in [-0.2, 0) is 10.0 Å². The largest absolute Gasteiger partial charge is 0.368 e. The summed E-state index contributed by atoms with van der Waals surface area (Å²) in [5, 5.41) is 4.68. The van der Waals surface area contributed by atoms with Crippen molar-refractivity contribution in [1.82, 2.24) is 19.9 Å². The molecule has 1 saturated heterocycles. The van der Waals surface area contributed by atoms with E-state index in [2.05, 4.69) is 41.8 Å². The van der Waals surface area contributed by atoms with Gasteiger partial charge in [0.2, 0.25) is 16.0 Å². The van der Waals surface area contributed by atoms with E-state index in [1.807, 2.05) is 0 Å². The maximum Gasteiger partial charge on any atom is 0.234 e. The normalized spacial score (nSPS) is 15.2. The van der Waals surface area contributed by atoms with E-state index < -0.39 is 10.0 Å². The molecular formula is C20H23Cl2N7O2S. The molecule has 2 aromatic heterocycles. The molecule has 0 saturated carbocycles. The van der Waals surface area contributed by atoms with Gasteiger partial charge >= 0.3 is 0 Å². The van der Waals surface area contributed by atoms with E-state index in [1.54, 1.807) is 36.5 Å². The second-order valence-corrected chi connectivity index (χ2v) is 10.2. The number of nitrogens with zero attached hydrogens (tertiary/aromatic N) is 5. The molecule has 0 spiro atoms. The Labute approximate surface area is 196 Å². The average molecular weight is 496 g/mol. The molecular weight excluding hydrogens is 473 g/mol. The minimum absolute atomic E-state index is 0.149. The third-order valence-electron chi connectivity index (χ3n) is 5.10. The SMILES string of the molecule is CN1CCN(c2nc(NCCS(=O)(=O)Nc3ccc(Cl)cc3)c3cc(Cl)ncc3n2)CC1. The number of anilines is 3. The van der Waals surface area contributed by atoms with Crippen LogP contribution in [0.4, 0.5) is 17.5 Å². The highest BCUT2D eigenvalue weighted by atomic mass is 35.5. The van der Waals surface area contributed by atoms with Crippen molar-refractivity contribution in [1.29, 1.82) is 0 Å². The summed E-state index contributed by atoms with van der Waals surface area (Å²) in [4.78, 5) is 17.8. The van der Waals surface area contributed by atoms with Crippen LogP contribution in [0.2, 0.25) is 10.2 Å². The van der Waals surface area contributed by atoms with Gasteiger partial charge in [-0.3, -0.25) is 4.72 Å². The molecule has 0 radical (unpaired) electrons. The molecule has 4 rings (SSSR count). The zero-order valence-corrected chi connectivity index (χ0v) is 19.8. The van der Waals surface area contributed by atoms with Crippen molar-refractivity contribution in [3.8, 4) is 0 Å². The fraction of sp³-hybridized carbons (Fsp3) is 0.350. The van der Waals surface area contributed by atoms with Crippen molar-refractivity contribution in [3.63, 3.8) is 0 Å². The Morgan fingerprint density at radius 1 is 1.06 bits per heavy atom. The first kappa shape index (κ1) is 22.8. The summed E-state index contributed by atoms with van der Waals surface area (Å²) in [5.74, 6) is 0.957. The van der Waals surface area contributed by atoms with E-state index in [0.717, 1.165) is 26.2 Å². The molecule has 0 unspecified atom stereocenters. The van der Waals surface area contributed by atoms with Crippen LogP contribution >= 0.6 is 23.2 Å². The molecule has 1 fully saturated rings. The van der Waals surface area contributed by atoms with Crippen LogP contribution in [0.5, 0.6) is 0 Å². The first-order valence-electron chi connectivity index (χ1n) is 10.1. The van der Waals surface area contributed by atoms with E-state index >= 15 is 0 Å². The Balaban J connectivity index is 1.51. The number of benzene rings is 1. The van der Waals surface area contributed by atoms with Crippen molar-refractivity contribution in [3.05, 3.63) is 46.7 Å². The molecule has 0 bridgehead atoms. The summed E-state index contributed by atoms with van der Waals surface area (Å²) in [7, 11) is -1.49. The minimum Gasteiger partial charge on any atom is -0.368 e. The molecule has 9 nitrogen and oxygen atoms in total. The molecule has 2 N–H and O–H groups in total. The monoisotopic (exact) mass is 495 g/mol. The summed E-state index contributed by atoms with van der Waals surface area (Å²) in [6.07, 6.45) is 1.60.